The van der Waals surface area contributed by atoms with E-state index in [9.17, 15) is 0 Å². The Hall–Kier alpha value is -6.12. The van der Waals surface area contributed by atoms with E-state index in [-0.39, 0.29) is 0 Å². The summed E-state index contributed by atoms with van der Waals surface area (Å²) in [5.74, 6) is 0. The Balaban J connectivity index is 1.22. The van der Waals surface area contributed by atoms with Crippen molar-refractivity contribution in [2.75, 3.05) is 0 Å². The zero-order chi connectivity index (χ0) is 30.4. The number of nitrogens with zero attached hydrogens (tertiary/aromatic N) is 1. The lowest BCUT2D eigenvalue weighted by atomic mass is 9.92. The van der Waals surface area contributed by atoms with Crippen LogP contribution >= 0.6 is 0 Å². The van der Waals surface area contributed by atoms with Gasteiger partial charge in [-0.1, -0.05) is 104 Å². The molecule has 2 nitrogen and oxygen atoms in total. The van der Waals surface area contributed by atoms with E-state index in [1.165, 1.54) is 65.3 Å². The minimum Gasteiger partial charge on any atom is -0.456 e. The monoisotopic (exact) mass is 585 g/mol. The molecule has 10 rings (SSSR count). The van der Waals surface area contributed by atoms with E-state index in [0.29, 0.717) is 0 Å². The molecule has 0 fully saturated rings. The lowest BCUT2D eigenvalue weighted by molar-refractivity contribution is 0.669. The van der Waals surface area contributed by atoms with E-state index in [0.717, 1.165) is 33.2 Å². The summed E-state index contributed by atoms with van der Waals surface area (Å²) in [5, 5.41) is 12.4. The van der Waals surface area contributed by atoms with Crippen LogP contribution < -0.4 is 0 Å². The first-order valence-corrected chi connectivity index (χ1v) is 15.7. The Morgan fingerprint density at radius 2 is 0.957 bits per heavy atom. The van der Waals surface area contributed by atoms with Crippen LogP contribution in [0.1, 0.15) is 5.56 Å². The zero-order valence-electron chi connectivity index (χ0n) is 25.0. The largest absolute Gasteiger partial charge is 0.456 e. The van der Waals surface area contributed by atoms with Gasteiger partial charge in [-0.3, -0.25) is 0 Å². The highest BCUT2D eigenvalue weighted by atomic mass is 16.3. The maximum atomic E-state index is 6.16. The smallest absolute Gasteiger partial charge is 0.135 e. The lowest BCUT2D eigenvalue weighted by Crippen LogP contribution is -1.93. The van der Waals surface area contributed by atoms with Crippen LogP contribution in [0.25, 0.3) is 99.0 Å². The molecule has 0 unspecified atom stereocenters. The summed E-state index contributed by atoms with van der Waals surface area (Å²) < 4.78 is 8.53. The number of hydrogen-bond acceptors (Lipinski definition) is 1. The minimum atomic E-state index is 0.901. The van der Waals surface area contributed by atoms with Crippen LogP contribution in [0.5, 0.6) is 0 Å². The highest BCUT2D eigenvalue weighted by Gasteiger charge is 2.16. The Morgan fingerprint density at radius 3 is 1.67 bits per heavy atom. The van der Waals surface area contributed by atoms with E-state index in [2.05, 4.69) is 145 Å². The van der Waals surface area contributed by atoms with Crippen molar-refractivity contribution in [1.29, 1.82) is 0 Å². The fraction of sp³-hybridized carbons (Fsp3) is 0. The molecule has 0 aliphatic carbocycles. The second-order valence-corrected chi connectivity index (χ2v) is 12.2. The molecule has 214 valence electrons. The molecule has 0 amide bonds. The van der Waals surface area contributed by atoms with Gasteiger partial charge in [0.2, 0.25) is 0 Å². The molecule has 0 bridgehead atoms. The summed E-state index contributed by atoms with van der Waals surface area (Å²) in [4.78, 5) is 0. The molecule has 8 aromatic carbocycles. The third kappa shape index (κ3) is 3.53. The summed E-state index contributed by atoms with van der Waals surface area (Å²) in [6.45, 7) is 4.06. The molecule has 0 spiro atoms. The lowest BCUT2D eigenvalue weighted by Gasteiger charge is -2.12. The van der Waals surface area contributed by atoms with Crippen molar-refractivity contribution >= 4 is 82.1 Å². The molecule has 2 heteroatoms. The van der Waals surface area contributed by atoms with Crippen molar-refractivity contribution < 1.29 is 4.42 Å². The highest BCUT2D eigenvalue weighted by molar-refractivity contribution is 6.26. The van der Waals surface area contributed by atoms with Crippen LogP contribution in [0.4, 0.5) is 0 Å². The van der Waals surface area contributed by atoms with Gasteiger partial charge in [-0.15, -0.1) is 0 Å². The first-order chi connectivity index (χ1) is 22.7. The van der Waals surface area contributed by atoms with E-state index in [1.807, 2.05) is 18.2 Å². The SMILES string of the molecule is C=Cc1ccc2c(c1)c1cc(-c3ccc4c5ccccc5c5ccccc5c4c3)ccc1n2-c1ccc2oc3ccccc3c2c1. The molecule has 0 radical (unpaired) electrons. The molecule has 0 atom stereocenters. The molecule has 0 saturated carbocycles. The number of rotatable bonds is 3. The molecule has 10 aromatic rings. The summed E-state index contributed by atoms with van der Waals surface area (Å²) in [6.07, 6.45) is 1.93. The molecule has 0 aliphatic rings. The predicted octanol–water partition coefficient (Wildman–Crippen LogP) is 12.5. The van der Waals surface area contributed by atoms with Crippen molar-refractivity contribution in [1.82, 2.24) is 4.57 Å². The Kier molecular flexibility index (Phi) is 5.18. The van der Waals surface area contributed by atoms with Gasteiger partial charge in [-0.2, -0.15) is 0 Å². The molecular formula is C44H27NO. The molecule has 2 heterocycles. The van der Waals surface area contributed by atoms with E-state index in [4.69, 9.17) is 4.42 Å². The van der Waals surface area contributed by atoms with Gasteiger partial charge in [-0.05, 0) is 104 Å². The summed E-state index contributed by atoms with van der Waals surface area (Å²) in [5.41, 5.74) is 8.78. The van der Waals surface area contributed by atoms with Crippen LogP contribution in [0.15, 0.2) is 157 Å². The molecule has 0 saturated heterocycles. The van der Waals surface area contributed by atoms with Gasteiger partial charge < -0.3 is 8.98 Å². The number of hydrogen-bond donors (Lipinski definition) is 0. The van der Waals surface area contributed by atoms with E-state index >= 15 is 0 Å². The van der Waals surface area contributed by atoms with Crippen molar-refractivity contribution in [3.63, 3.8) is 0 Å². The minimum absolute atomic E-state index is 0.901. The second kappa shape index (κ2) is 9.44. The third-order valence-electron chi connectivity index (χ3n) is 9.72. The maximum Gasteiger partial charge on any atom is 0.135 e. The second-order valence-electron chi connectivity index (χ2n) is 12.2. The van der Waals surface area contributed by atoms with Gasteiger partial charge in [0.05, 0.1) is 11.0 Å². The fourth-order valence-electron chi connectivity index (χ4n) is 7.57. The summed E-state index contributed by atoms with van der Waals surface area (Å²) >= 11 is 0. The molecule has 0 aliphatic heterocycles. The van der Waals surface area contributed by atoms with Crippen molar-refractivity contribution in [2.45, 2.75) is 0 Å². The average molecular weight is 586 g/mol. The van der Waals surface area contributed by atoms with Crippen LogP contribution in [0.3, 0.4) is 0 Å². The molecule has 0 N–H and O–H groups in total. The maximum absolute atomic E-state index is 6.16. The normalized spacial score (nSPS) is 12.0. The van der Waals surface area contributed by atoms with Crippen molar-refractivity contribution in [3.8, 4) is 16.8 Å². The van der Waals surface area contributed by atoms with Crippen LogP contribution in [0.2, 0.25) is 0 Å². The number of para-hydroxylation sites is 1. The quantitative estimate of drug-likeness (QED) is 0.189. The van der Waals surface area contributed by atoms with Gasteiger partial charge in [0.25, 0.3) is 0 Å². The summed E-state index contributed by atoms with van der Waals surface area (Å²) in [7, 11) is 0. The Morgan fingerprint density at radius 1 is 0.413 bits per heavy atom. The third-order valence-corrected chi connectivity index (χ3v) is 9.72. The molecule has 2 aromatic heterocycles. The Labute approximate surface area is 265 Å². The van der Waals surface area contributed by atoms with E-state index in [1.54, 1.807) is 0 Å². The van der Waals surface area contributed by atoms with Gasteiger partial charge in [0.1, 0.15) is 11.2 Å². The van der Waals surface area contributed by atoms with Crippen molar-refractivity contribution in [2.24, 2.45) is 0 Å². The first kappa shape index (κ1) is 25.2. The first-order valence-electron chi connectivity index (χ1n) is 15.7. The standard InChI is InChI=1S/C44H27NO/c1-2-27-15-20-41-38(23-27)39-25-29(17-21-42(39)45(41)30-18-22-44-40(26-30)36-13-7-8-14-43(36)46-44)28-16-19-35-33-11-4-3-9-31(33)32-10-5-6-12-34(32)37(35)24-28/h2-26H,1H2. The van der Waals surface area contributed by atoms with Crippen LogP contribution in [0, 0.1) is 0 Å². The van der Waals surface area contributed by atoms with Gasteiger partial charge in [0, 0.05) is 27.2 Å². The number of aromatic nitrogens is 1. The number of furan rings is 1. The van der Waals surface area contributed by atoms with Crippen LogP contribution in [-0.2, 0) is 0 Å². The number of fused-ring (bicyclic) bond motifs is 12. The van der Waals surface area contributed by atoms with Crippen LogP contribution in [-0.4, -0.2) is 4.57 Å². The average Bonchev–Trinajstić information content (AvgIpc) is 3.66. The van der Waals surface area contributed by atoms with Gasteiger partial charge in [-0.25, -0.2) is 0 Å². The Bertz CT molecular complexity index is 2850. The van der Waals surface area contributed by atoms with Gasteiger partial charge >= 0.3 is 0 Å². The molecular weight excluding hydrogens is 558 g/mol. The van der Waals surface area contributed by atoms with Crippen molar-refractivity contribution in [3.05, 3.63) is 158 Å². The zero-order valence-corrected chi connectivity index (χ0v) is 25.0. The fourth-order valence-corrected chi connectivity index (χ4v) is 7.57. The van der Waals surface area contributed by atoms with Gasteiger partial charge in [0.15, 0.2) is 0 Å². The highest BCUT2D eigenvalue weighted by Crippen LogP contribution is 2.40. The molecule has 46 heavy (non-hydrogen) atoms. The summed E-state index contributed by atoms with van der Waals surface area (Å²) in [6, 6.07) is 52.8. The number of benzene rings is 8. The van der Waals surface area contributed by atoms with E-state index < -0.39 is 0 Å². The topological polar surface area (TPSA) is 18.1 Å². The predicted molar refractivity (Wildman–Crippen MR) is 196 cm³/mol.